The molecule has 0 aromatic rings. The van der Waals surface area contributed by atoms with E-state index in [-0.39, 0.29) is 25.7 Å². The van der Waals surface area contributed by atoms with Crippen LogP contribution < -0.4 is 0 Å². The number of esters is 4. The number of phosphoric acid groups is 2. The molecule has 0 amide bonds. The third-order valence-electron chi connectivity index (χ3n) is 18.6. The zero-order valence-electron chi connectivity index (χ0n) is 63.6. The molecule has 17 nitrogen and oxygen atoms in total. The van der Waals surface area contributed by atoms with Gasteiger partial charge in [-0.15, -0.1) is 0 Å². The first-order valence-electron chi connectivity index (χ1n) is 40.4. The van der Waals surface area contributed by atoms with E-state index in [1.54, 1.807) is 0 Å². The number of aliphatic hydroxyl groups is 1. The fourth-order valence-electron chi connectivity index (χ4n) is 11.6. The first-order valence-corrected chi connectivity index (χ1v) is 43.4. The van der Waals surface area contributed by atoms with Gasteiger partial charge in [0.25, 0.3) is 0 Å². The second-order valence-corrected chi connectivity index (χ2v) is 31.2. The lowest BCUT2D eigenvalue weighted by atomic mass is 9.99. The Morgan fingerprint density at radius 2 is 0.571 bits per heavy atom. The van der Waals surface area contributed by atoms with Gasteiger partial charge in [-0.2, -0.15) is 0 Å². The van der Waals surface area contributed by atoms with E-state index in [0.29, 0.717) is 25.7 Å². The van der Waals surface area contributed by atoms with Crippen molar-refractivity contribution >= 4 is 39.5 Å². The van der Waals surface area contributed by atoms with E-state index in [2.05, 4.69) is 65.8 Å². The molecule has 0 aromatic carbocycles. The van der Waals surface area contributed by atoms with Crippen LogP contribution in [0.15, 0.2) is 24.3 Å². The van der Waals surface area contributed by atoms with Gasteiger partial charge >= 0.3 is 39.5 Å². The molecule has 0 rings (SSSR count). The average molecular weight is 1430 g/mol. The first kappa shape index (κ1) is 95.5. The topological polar surface area (TPSA) is 237 Å². The van der Waals surface area contributed by atoms with Gasteiger partial charge in [-0.3, -0.25) is 37.3 Å². The van der Waals surface area contributed by atoms with Crippen LogP contribution >= 0.6 is 15.6 Å². The van der Waals surface area contributed by atoms with Gasteiger partial charge in [-0.1, -0.05) is 336 Å². The second-order valence-electron chi connectivity index (χ2n) is 28.3. The van der Waals surface area contributed by atoms with Crippen LogP contribution in [-0.2, 0) is 65.4 Å². The van der Waals surface area contributed by atoms with Crippen LogP contribution in [0.2, 0.25) is 0 Å². The van der Waals surface area contributed by atoms with Crippen LogP contribution in [0.4, 0.5) is 0 Å². The maximum absolute atomic E-state index is 13.1. The Morgan fingerprint density at radius 3 is 0.867 bits per heavy atom. The number of phosphoric ester groups is 2. The van der Waals surface area contributed by atoms with Crippen molar-refractivity contribution in [2.75, 3.05) is 39.6 Å². The quantitative estimate of drug-likeness (QED) is 0.0169. The summed E-state index contributed by atoms with van der Waals surface area (Å²) >= 11 is 0. The fraction of sp³-hybridized carbons (Fsp3) is 0.899. The molecular weight excluding hydrogens is 1280 g/mol. The summed E-state index contributed by atoms with van der Waals surface area (Å²) in [4.78, 5) is 72.8. The van der Waals surface area contributed by atoms with Crippen LogP contribution in [0.5, 0.6) is 0 Å². The van der Waals surface area contributed by atoms with Crippen molar-refractivity contribution in [2.24, 2.45) is 11.8 Å². The minimum atomic E-state index is -4.97. The smallest absolute Gasteiger partial charge is 0.462 e. The number of aliphatic hydroxyl groups excluding tert-OH is 1. The Morgan fingerprint density at radius 1 is 0.327 bits per heavy atom. The van der Waals surface area contributed by atoms with Gasteiger partial charge in [-0.05, 0) is 63.2 Å². The van der Waals surface area contributed by atoms with Gasteiger partial charge in [-0.25, -0.2) is 9.13 Å². The van der Waals surface area contributed by atoms with Crippen LogP contribution in [0.1, 0.15) is 388 Å². The molecule has 0 bridgehead atoms. The highest BCUT2D eigenvalue weighted by Crippen LogP contribution is 2.45. The highest BCUT2D eigenvalue weighted by molar-refractivity contribution is 7.47. The SMILES string of the molecule is CCCCCC/C=C\C=C/CCCCCCCC(=O)OC[C@H](COP(=O)(O)OC[C@@H](O)COP(=O)(O)OC[C@@H](COC(=O)CCCCCCCCC(C)CC)OC(=O)CCCCCCCCCCCCC)OC(=O)CCCCCCCCCCCCCCCCCCCCC(C)CC. The molecule has 4 unspecified atom stereocenters. The highest BCUT2D eigenvalue weighted by atomic mass is 31.2. The molecule has 0 fully saturated rings. The lowest BCUT2D eigenvalue weighted by Gasteiger charge is -2.21. The van der Waals surface area contributed by atoms with E-state index in [1.165, 1.54) is 180 Å². The van der Waals surface area contributed by atoms with Gasteiger partial charge in [0.1, 0.15) is 19.3 Å². The second kappa shape index (κ2) is 70.2. The number of unbranched alkanes of at least 4 members (excludes halogenated alkanes) is 41. The Balaban J connectivity index is 5.23. The molecule has 578 valence electrons. The zero-order valence-corrected chi connectivity index (χ0v) is 65.4. The van der Waals surface area contributed by atoms with E-state index < -0.39 is 97.5 Å². The fourth-order valence-corrected chi connectivity index (χ4v) is 13.2. The largest absolute Gasteiger partial charge is 0.472 e. The first-order chi connectivity index (χ1) is 47.4. The normalized spacial score (nSPS) is 14.7. The Labute approximate surface area is 599 Å². The molecule has 19 heteroatoms. The number of hydrogen-bond donors (Lipinski definition) is 3. The summed E-state index contributed by atoms with van der Waals surface area (Å²) in [5, 5.41) is 10.6. The molecule has 0 aliphatic heterocycles. The summed E-state index contributed by atoms with van der Waals surface area (Å²) in [6.45, 7) is 9.56. The predicted molar refractivity (Wildman–Crippen MR) is 400 cm³/mol. The Hall–Kier alpha value is -2.46. The molecule has 0 saturated heterocycles. The number of carbonyl (C=O) groups is 4. The summed E-state index contributed by atoms with van der Waals surface area (Å²) in [5.41, 5.74) is 0. The Kier molecular flexibility index (Phi) is 68.5. The van der Waals surface area contributed by atoms with E-state index in [4.69, 9.17) is 37.0 Å². The summed E-state index contributed by atoms with van der Waals surface area (Å²) in [6.07, 6.45) is 61.9. The number of ether oxygens (including phenoxy) is 4. The molecular formula is C79H150O17P2. The van der Waals surface area contributed by atoms with Crippen molar-refractivity contribution in [3.8, 4) is 0 Å². The minimum absolute atomic E-state index is 0.101. The van der Waals surface area contributed by atoms with Crippen molar-refractivity contribution in [1.82, 2.24) is 0 Å². The van der Waals surface area contributed by atoms with Gasteiger partial charge in [0.2, 0.25) is 0 Å². The third kappa shape index (κ3) is 69.3. The third-order valence-corrected chi connectivity index (χ3v) is 20.5. The van der Waals surface area contributed by atoms with E-state index in [9.17, 15) is 43.2 Å². The van der Waals surface area contributed by atoms with Crippen LogP contribution in [0.3, 0.4) is 0 Å². The van der Waals surface area contributed by atoms with Crippen molar-refractivity contribution < 1.29 is 80.2 Å². The maximum Gasteiger partial charge on any atom is 0.472 e. The van der Waals surface area contributed by atoms with Gasteiger partial charge in [0.15, 0.2) is 12.2 Å². The average Bonchev–Trinajstić information content (AvgIpc) is 2.75. The number of hydrogen-bond acceptors (Lipinski definition) is 15. The molecule has 0 aromatic heterocycles. The molecule has 0 aliphatic carbocycles. The van der Waals surface area contributed by atoms with Crippen molar-refractivity contribution in [3.05, 3.63) is 24.3 Å². The summed E-state index contributed by atoms with van der Waals surface area (Å²) in [5.74, 6) is -0.545. The maximum atomic E-state index is 13.1. The van der Waals surface area contributed by atoms with Crippen molar-refractivity contribution in [1.29, 1.82) is 0 Å². The van der Waals surface area contributed by atoms with Crippen molar-refractivity contribution in [2.45, 2.75) is 407 Å². The van der Waals surface area contributed by atoms with E-state index in [0.717, 1.165) is 127 Å². The van der Waals surface area contributed by atoms with Crippen LogP contribution in [0.25, 0.3) is 0 Å². The van der Waals surface area contributed by atoms with Gasteiger partial charge < -0.3 is 33.8 Å². The lowest BCUT2D eigenvalue weighted by molar-refractivity contribution is -0.161. The molecule has 98 heavy (non-hydrogen) atoms. The Bertz CT molecular complexity index is 1990. The molecule has 3 N–H and O–H groups in total. The lowest BCUT2D eigenvalue weighted by Crippen LogP contribution is -2.30. The molecule has 0 saturated carbocycles. The number of rotatable bonds is 76. The summed E-state index contributed by atoms with van der Waals surface area (Å²) < 4.78 is 68.5. The highest BCUT2D eigenvalue weighted by Gasteiger charge is 2.30. The van der Waals surface area contributed by atoms with E-state index in [1.807, 2.05) is 0 Å². The summed E-state index contributed by atoms with van der Waals surface area (Å²) in [7, 11) is -9.92. The molecule has 0 aliphatic rings. The van der Waals surface area contributed by atoms with Gasteiger partial charge in [0.05, 0.1) is 26.4 Å². The minimum Gasteiger partial charge on any atom is -0.462 e. The number of carbonyl (C=O) groups excluding carboxylic acids is 4. The molecule has 0 heterocycles. The monoisotopic (exact) mass is 1430 g/mol. The molecule has 7 atom stereocenters. The molecule has 0 radical (unpaired) electrons. The zero-order chi connectivity index (χ0) is 72.1. The van der Waals surface area contributed by atoms with Crippen LogP contribution in [0, 0.1) is 11.8 Å². The molecule has 0 spiro atoms. The predicted octanol–water partition coefficient (Wildman–Crippen LogP) is 23.1. The summed E-state index contributed by atoms with van der Waals surface area (Å²) in [6, 6.07) is 0. The number of allylic oxidation sites excluding steroid dienone is 4. The van der Waals surface area contributed by atoms with Crippen LogP contribution in [-0.4, -0.2) is 96.7 Å². The van der Waals surface area contributed by atoms with E-state index >= 15 is 0 Å². The standard InChI is InChI=1S/C79H150O17P2/c1-7-11-13-15-17-19-21-22-27-31-35-38-42-49-55-61-76(81)89-67-74(95-79(84)64-58-52-44-40-36-32-29-26-24-23-25-28-30-34-37-41-47-53-59-71(5)9-3)69-93-97(85,86)91-65-73(80)66-92-98(87,88)94-70-75(68-90-77(82)62-56-50-46-45-48-54-60-72(6)10-4)96-78(83)63-57-51-43-39-33-20-18-16-14-12-8-2/h19,21-22,27,71-75,80H,7-18,20,23-26,28-70H2,1-6H3,(H,85,86)(H,87,88)/b21-19-,27-22-/t71?,72?,73-,74-,75-/m1/s1. The van der Waals surface area contributed by atoms with Gasteiger partial charge in [0, 0.05) is 25.7 Å². The van der Waals surface area contributed by atoms with Crippen molar-refractivity contribution in [3.63, 3.8) is 0 Å².